The molecule has 1 amide bonds. The number of amides is 1. The van der Waals surface area contributed by atoms with E-state index in [2.05, 4.69) is 73.8 Å². The standard InChI is InChI=1S/C35H37N7O2.H2/c1-44-26-15-12-23(13-16-26)22-42-33(17-14-24-20-37-29-9-4-2-7-27(24)29)40-41-34(42)32(39-35(43)31-11-6-18-36-31)19-25-21-38-30-10-5-3-8-28(25)30;/h2-5,7-10,12-13,15-16,20-21,31-32,36-38H,6,11,14,17-19,22H2,1H3,(H,39,43);1H/t31-,32-;/m1./s1/i;1+1. The summed E-state index contributed by atoms with van der Waals surface area (Å²) in [6.07, 6.45) is 8.08. The maximum atomic E-state index is 13.5. The van der Waals surface area contributed by atoms with E-state index < -0.39 is 0 Å². The Hall–Kier alpha value is -4.89. The van der Waals surface area contributed by atoms with Crippen molar-refractivity contribution in [3.63, 3.8) is 0 Å². The van der Waals surface area contributed by atoms with Gasteiger partial charge in [-0.05, 0) is 66.8 Å². The molecule has 44 heavy (non-hydrogen) atoms. The van der Waals surface area contributed by atoms with Gasteiger partial charge >= 0.3 is 0 Å². The normalized spacial score (nSPS) is 15.6. The number of rotatable bonds is 11. The van der Waals surface area contributed by atoms with Gasteiger partial charge in [-0.15, -0.1) is 10.2 Å². The Morgan fingerprint density at radius 3 is 2.36 bits per heavy atom. The number of ether oxygens (including phenoxy) is 1. The first-order valence-corrected chi connectivity index (χ1v) is 15.3. The first-order chi connectivity index (χ1) is 21.7. The smallest absolute Gasteiger partial charge is 0.237 e. The molecule has 0 saturated carbocycles. The predicted molar refractivity (Wildman–Crippen MR) is 174 cm³/mol. The Balaban J connectivity index is 0.00000357. The van der Waals surface area contributed by atoms with Gasteiger partial charge in [0.25, 0.3) is 0 Å². The van der Waals surface area contributed by atoms with E-state index in [1.807, 2.05) is 36.5 Å². The summed E-state index contributed by atoms with van der Waals surface area (Å²) in [5, 5.41) is 18.6. The summed E-state index contributed by atoms with van der Waals surface area (Å²) >= 11 is 0. The van der Waals surface area contributed by atoms with Crippen molar-refractivity contribution in [2.45, 2.75) is 50.7 Å². The fourth-order valence-electron chi connectivity index (χ4n) is 6.37. The Bertz CT molecular complexity index is 1890. The van der Waals surface area contributed by atoms with E-state index in [0.29, 0.717) is 19.4 Å². The molecule has 0 spiro atoms. The number of aryl methyl sites for hydroxylation is 2. The predicted octanol–water partition coefficient (Wildman–Crippen LogP) is 5.48. The Kier molecular flexibility index (Phi) is 7.85. The van der Waals surface area contributed by atoms with Crippen molar-refractivity contribution < 1.29 is 11.0 Å². The summed E-state index contributed by atoms with van der Waals surface area (Å²) in [5.41, 5.74) is 5.69. The maximum absolute atomic E-state index is 13.5. The highest BCUT2D eigenvalue weighted by atomic mass is 16.5. The number of hydrogen-bond acceptors (Lipinski definition) is 5. The van der Waals surface area contributed by atoms with Crippen LogP contribution >= 0.6 is 0 Å². The summed E-state index contributed by atoms with van der Waals surface area (Å²) in [4.78, 5) is 20.3. The van der Waals surface area contributed by atoms with Crippen LogP contribution < -0.4 is 15.4 Å². The molecule has 1 saturated heterocycles. The second kappa shape index (κ2) is 12.4. The maximum Gasteiger partial charge on any atom is 0.237 e. The van der Waals surface area contributed by atoms with Crippen LogP contribution in [-0.2, 0) is 30.6 Å². The lowest BCUT2D eigenvalue weighted by atomic mass is 10.0. The van der Waals surface area contributed by atoms with Gasteiger partial charge in [0.1, 0.15) is 11.6 Å². The SMILES string of the molecule is COc1ccc(Cn2c(CCc3c[nH]c4ccccc34)nnc2[C@@H](Cc2c[nH]c3ccccc23)NC(=O)[C@H]2CCCN2)cc1.[2HH]. The lowest BCUT2D eigenvalue weighted by molar-refractivity contribution is -0.123. The number of carbonyl (C=O) groups is 1. The number of hydrogen-bond donors (Lipinski definition) is 4. The number of aromatic nitrogens is 5. The zero-order valence-corrected chi connectivity index (χ0v) is 24.8. The molecule has 3 aromatic heterocycles. The molecule has 1 aliphatic rings. The van der Waals surface area contributed by atoms with Crippen LogP contribution in [0.25, 0.3) is 21.8 Å². The average molecular weight is 591 g/mol. The lowest BCUT2D eigenvalue weighted by Crippen LogP contribution is -2.43. The van der Waals surface area contributed by atoms with Crippen molar-refractivity contribution in [1.29, 1.82) is 0 Å². The van der Waals surface area contributed by atoms with Gasteiger partial charge in [-0.25, -0.2) is 0 Å². The number of carbonyl (C=O) groups excluding carboxylic acids is 1. The molecule has 2 atom stereocenters. The molecule has 226 valence electrons. The van der Waals surface area contributed by atoms with Crippen LogP contribution in [0.15, 0.2) is 85.2 Å². The molecule has 9 heteroatoms. The fourth-order valence-corrected chi connectivity index (χ4v) is 6.37. The quantitative estimate of drug-likeness (QED) is 0.160. The molecule has 4 N–H and O–H groups in total. The third-order valence-corrected chi connectivity index (χ3v) is 8.75. The molecule has 1 fully saturated rings. The third kappa shape index (κ3) is 5.70. The van der Waals surface area contributed by atoms with Crippen LogP contribution in [0.5, 0.6) is 5.75 Å². The third-order valence-electron chi connectivity index (χ3n) is 8.75. The van der Waals surface area contributed by atoms with E-state index in [4.69, 9.17) is 14.9 Å². The first-order valence-electron chi connectivity index (χ1n) is 15.3. The largest absolute Gasteiger partial charge is 0.497 e. The van der Waals surface area contributed by atoms with Gasteiger partial charge in [0.05, 0.1) is 25.7 Å². The first kappa shape index (κ1) is 27.9. The van der Waals surface area contributed by atoms with E-state index in [9.17, 15) is 4.79 Å². The average Bonchev–Trinajstić information content (AvgIpc) is 3.88. The van der Waals surface area contributed by atoms with Crippen molar-refractivity contribution in [3.8, 4) is 5.75 Å². The van der Waals surface area contributed by atoms with E-state index in [-0.39, 0.29) is 19.4 Å². The summed E-state index contributed by atoms with van der Waals surface area (Å²) in [6, 6.07) is 24.2. The highest BCUT2D eigenvalue weighted by molar-refractivity contribution is 5.84. The second-order valence-electron chi connectivity index (χ2n) is 11.5. The molecule has 4 heterocycles. The van der Waals surface area contributed by atoms with Crippen LogP contribution in [-0.4, -0.2) is 50.3 Å². The number of methoxy groups -OCH3 is 1. The molecule has 1 aliphatic heterocycles. The van der Waals surface area contributed by atoms with E-state index in [1.54, 1.807) is 7.11 Å². The number of para-hydroxylation sites is 2. The van der Waals surface area contributed by atoms with Crippen molar-refractivity contribution in [1.82, 2.24) is 35.4 Å². The number of benzene rings is 3. The summed E-state index contributed by atoms with van der Waals surface area (Å²) in [7, 11) is 1.67. The van der Waals surface area contributed by atoms with Crippen LogP contribution in [0, 0.1) is 0 Å². The minimum absolute atomic E-state index is 0. The summed E-state index contributed by atoms with van der Waals surface area (Å²) < 4.78 is 7.59. The van der Waals surface area contributed by atoms with Crippen LogP contribution in [0.4, 0.5) is 0 Å². The van der Waals surface area contributed by atoms with Gasteiger partial charge in [0, 0.05) is 48.5 Å². The van der Waals surface area contributed by atoms with Gasteiger partial charge in [0.15, 0.2) is 5.82 Å². The topological polar surface area (TPSA) is 113 Å². The van der Waals surface area contributed by atoms with Gasteiger partial charge in [-0.1, -0.05) is 48.5 Å². The number of nitrogens with one attached hydrogen (secondary N) is 4. The number of H-pyrrole nitrogens is 2. The van der Waals surface area contributed by atoms with Gasteiger partial charge in [-0.3, -0.25) is 4.79 Å². The van der Waals surface area contributed by atoms with Crippen molar-refractivity contribution in [2.24, 2.45) is 0 Å². The molecular weight excluding hydrogens is 550 g/mol. The molecule has 9 nitrogen and oxygen atoms in total. The number of nitrogens with zero attached hydrogens (tertiary/aromatic N) is 3. The van der Waals surface area contributed by atoms with Crippen LogP contribution in [0.2, 0.25) is 0 Å². The zero-order chi connectivity index (χ0) is 29.9. The number of fused-ring (bicyclic) bond motifs is 2. The Morgan fingerprint density at radius 1 is 0.955 bits per heavy atom. The van der Waals surface area contributed by atoms with E-state index in [0.717, 1.165) is 70.8 Å². The molecule has 6 aromatic rings. The van der Waals surface area contributed by atoms with E-state index in [1.165, 1.54) is 10.9 Å². The van der Waals surface area contributed by atoms with Gasteiger partial charge in [-0.2, -0.15) is 0 Å². The highest BCUT2D eigenvalue weighted by Gasteiger charge is 2.29. The van der Waals surface area contributed by atoms with E-state index >= 15 is 0 Å². The molecule has 3 aromatic carbocycles. The van der Waals surface area contributed by atoms with Crippen molar-refractivity contribution in [3.05, 3.63) is 114 Å². The summed E-state index contributed by atoms with van der Waals surface area (Å²) in [6.45, 7) is 1.44. The van der Waals surface area contributed by atoms with Gasteiger partial charge in [0.2, 0.25) is 5.91 Å². The Morgan fingerprint density at radius 2 is 1.66 bits per heavy atom. The molecule has 0 bridgehead atoms. The highest BCUT2D eigenvalue weighted by Crippen LogP contribution is 2.27. The Labute approximate surface area is 257 Å². The van der Waals surface area contributed by atoms with Crippen molar-refractivity contribution >= 4 is 27.7 Å². The summed E-state index contributed by atoms with van der Waals surface area (Å²) in [5.74, 6) is 2.46. The van der Waals surface area contributed by atoms with Crippen molar-refractivity contribution in [2.75, 3.05) is 13.7 Å². The van der Waals surface area contributed by atoms with Crippen LogP contribution in [0.3, 0.4) is 0 Å². The monoisotopic (exact) mass is 590 g/mol. The molecule has 0 unspecified atom stereocenters. The minimum Gasteiger partial charge on any atom is -0.497 e. The molecule has 0 aliphatic carbocycles. The zero-order valence-electron chi connectivity index (χ0n) is 24.8. The fraction of sp³-hybridized carbons (Fsp3) is 0.286. The molecule has 0 radical (unpaired) electrons. The van der Waals surface area contributed by atoms with Crippen LogP contribution in [0.1, 0.15) is 48.6 Å². The molecule has 7 rings (SSSR count). The molecular formula is C35H39N7O2. The second-order valence-corrected chi connectivity index (χ2v) is 11.5. The van der Waals surface area contributed by atoms with Gasteiger partial charge < -0.3 is 29.9 Å². The number of aromatic amines is 2. The lowest BCUT2D eigenvalue weighted by Gasteiger charge is -2.22. The minimum atomic E-state index is -0.364.